The van der Waals surface area contributed by atoms with E-state index in [1.165, 1.54) is 16.7 Å². The fraction of sp³-hybridized carbons (Fsp3) is 0.438. The van der Waals surface area contributed by atoms with Crippen molar-refractivity contribution in [3.05, 3.63) is 41.0 Å². The lowest BCUT2D eigenvalue weighted by molar-refractivity contribution is -0.118. The largest absolute Gasteiger partial charge is 0.299 e. The molecule has 0 aromatic heterocycles. The van der Waals surface area contributed by atoms with E-state index in [-0.39, 0.29) is 5.78 Å². The van der Waals surface area contributed by atoms with E-state index in [1.807, 2.05) is 0 Å². The van der Waals surface area contributed by atoms with Crippen LogP contribution >= 0.6 is 0 Å². The summed E-state index contributed by atoms with van der Waals surface area (Å²) in [6.07, 6.45) is 1.11. The number of hydrogen-bond donors (Lipinski definition) is 0. The highest BCUT2D eigenvalue weighted by Crippen LogP contribution is 2.45. The van der Waals surface area contributed by atoms with Crippen LogP contribution in [-0.2, 0) is 4.79 Å². The van der Waals surface area contributed by atoms with Crippen molar-refractivity contribution in [2.45, 2.75) is 26.2 Å². The fourth-order valence-electron chi connectivity index (χ4n) is 3.42. The highest BCUT2D eigenvalue weighted by Gasteiger charge is 2.33. The smallest absolute Gasteiger partial charge is 0.143 e. The molecular weight excluding hydrogens is 222 g/mol. The van der Waals surface area contributed by atoms with Gasteiger partial charge in [0.25, 0.3) is 0 Å². The van der Waals surface area contributed by atoms with E-state index in [1.54, 1.807) is 12.5 Å². The fourth-order valence-corrected chi connectivity index (χ4v) is 3.42. The van der Waals surface area contributed by atoms with E-state index >= 15 is 0 Å². The number of nitrogens with zero attached hydrogens (tertiary/aromatic N) is 1. The first-order valence-corrected chi connectivity index (χ1v) is 6.67. The maximum atomic E-state index is 11.3. The van der Waals surface area contributed by atoms with Crippen LogP contribution in [0.5, 0.6) is 0 Å². The first-order chi connectivity index (χ1) is 8.66. The Morgan fingerprint density at radius 2 is 2.17 bits per heavy atom. The lowest BCUT2D eigenvalue weighted by Crippen LogP contribution is -2.37. The first kappa shape index (κ1) is 11.7. The second-order valence-corrected chi connectivity index (χ2v) is 5.48. The molecule has 1 aliphatic heterocycles. The summed E-state index contributed by atoms with van der Waals surface area (Å²) in [5, 5.41) is 0. The summed E-state index contributed by atoms with van der Waals surface area (Å²) in [6, 6.07) is 8.71. The Kier molecular flexibility index (Phi) is 2.83. The zero-order valence-electron chi connectivity index (χ0n) is 11.1. The molecule has 1 unspecified atom stereocenters. The molecule has 1 saturated heterocycles. The molecule has 1 aromatic rings. The number of hydrogen-bond acceptors (Lipinski definition) is 2. The van der Waals surface area contributed by atoms with E-state index in [4.69, 9.17) is 0 Å². The van der Waals surface area contributed by atoms with Crippen molar-refractivity contribution in [3.63, 3.8) is 0 Å². The van der Waals surface area contributed by atoms with Gasteiger partial charge in [-0.2, -0.15) is 0 Å². The zero-order chi connectivity index (χ0) is 12.7. The van der Waals surface area contributed by atoms with Gasteiger partial charge in [-0.05, 0) is 37.0 Å². The van der Waals surface area contributed by atoms with Gasteiger partial charge in [0.15, 0.2) is 0 Å². The van der Waals surface area contributed by atoms with Crippen LogP contribution in [0.3, 0.4) is 0 Å². The quantitative estimate of drug-likeness (QED) is 0.793. The van der Waals surface area contributed by atoms with Gasteiger partial charge in [-0.15, -0.1) is 0 Å². The minimum Gasteiger partial charge on any atom is -0.299 e. The minimum atomic E-state index is 0.269. The maximum absolute atomic E-state index is 11.3. The number of rotatable bonds is 2. The van der Waals surface area contributed by atoms with Crippen molar-refractivity contribution in [3.8, 4) is 0 Å². The highest BCUT2D eigenvalue weighted by molar-refractivity contribution is 5.79. The topological polar surface area (TPSA) is 20.3 Å². The van der Waals surface area contributed by atoms with Gasteiger partial charge in [-0.3, -0.25) is 9.69 Å². The van der Waals surface area contributed by atoms with Crippen molar-refractivity contribution >= 4 is 11.4 Å². The second-order valence-electron chi connectivity index (χ2n) is 5.48. The minimum absolute atomic E-state index is 0.269. The lowest BCUT2D eigenvalue weighted by Gasteiger charge is -2.32. The van der Waals surface area contributed by atoms with Crippen LogP contribution in [0.2, 0.25) is 0 Å². The maximum Gasteiger partial charge on any atom is 0.143 e. The molecule has 1 fully saturated rings. The van der Waals surface area contributed by atoms with Gasteiger partial charge in [-0.25, -0.2) is 0 Å². The molecule has 2 nitrogen and oxygen atoms in total. The first-order valence-electron chi connectivity index (χ1n) is 6.67. The Bertz CT molecular complexity index is 530. The van der Waals surface area contributed by atoms with E-state index in [0.29, 0.717) is 12.5 Å². The number of likely N-dealkylation sites (tertiary alicyclic amines) is 1. The van der Waals surface area contributed by atoms with Crippen LogP contribution in [0.15, 0.2) is 29.8 Å². The van der Waals surface area contributed by atoms with Crippen molar-refractivity contribution in [1.82, 2.24) is 4.90 Å². The molecule has 0 spiro atoms. The van der Waals surface area contributed by atoms with Crippen LogP contribution in [0, 0.1) is 0 Å². The monoisotopic (exact) mass is 241 g/mol. The lowest BCUT2D eigenvalue weighted by atomic mass is 9.89. The van der Waals surface area contributed by atoms with E-state index < -0.39 is 0 Å². The summed E-state index contributed by atoms with van der Waals surface area (Å²) in [4.78, 5) is 13.6. The van der Waals surface area contributed by atoms with Crippen LogP contribution in [0.1, 0.15) is 37.3 Å². The summed E-state index contributed by atoms with van der Waals surface area (Å²) in [5.41, 5.74) is 5.94. The number of carbonyl (C=O) groups is 1. The van der Waals surface area contributed by atoms with Crippen LogP contribution in [0.4, 0.5) is 0 Å². The van der Waals surface area contributed by atoms with Crippen LogP contribution in [0.25, 0.3) is 5.57 Å². The predicted molar refractivity (Wildman–Crippen MR) is 73.5 cm³/mol. The number of benzene rings is 1. The predicted octanol–water partition coefficient (Wildman–Crippen LogP) is 2.85. The zero-order valence-corrected chi connectivity index (χ0v) is 11.1. The molecule has 0 amide bonds. The van der Waals surface area contributed by atoms with E-state index in [9.17, 15) is 4.79 Å². The van der Waals surface area contributed by atoms with E-state index in [2.05, 4.69) is 36.1 Å². The number of carbonyl (C=O) groups excluding carboxylic acids is 1. The highest BCUT2D eigenvalue weighted by atomic mass is 16.1. The summed E-state index contributed by atoms with van der Waals surface area (Å²) < 4.78 is 0. The Labute approximate surface area is 108 Å². The van der Waals surface area contributed by atoms with Crippen molar-refractivity contribution in [2.75, 3.05) is 19.6 Å². The number of Topliss-reactive ketones (excluding diaryl/α,β-unsaturated/α-hetero) is 1. The normalized spacial score (nSPS) is 22.9. The second kappa shape index (κ2) is 4.36. The summed E-state index contributed by atoms with van der Waals surface area (Å²) in [6.45, 7) is 6.55. The van der Waals surface area contributed by atoms with Gasteiger partial charge in [0.1, 0.15) is 5.78 Å². The third kappa shape index (κ3) is 1.81. The molecule has 18 heavy (non-hydrogen) atoms. The molecule has 94 valence electrons. The molecule has 2 heteroatoms. The summed E-state index contributed by atoms with van der Waals surface area (Å²) >= 11 is 0. The van der Waals surface area contributed by atoms with Crippen molar-refractivity contribution in [2.24, 2.45) is 0 Å². The molecular formula is C16H19NO. The van der Waals surface area contributed by atoms with Gasteiger partial charge >= 0.3 is 0 Å². The van der Waals surface area contributed by atoms with Crippen LogP contribution < -0.4 is 0 Å². The molecule has 1 aliphatic carbocycles. The van der Waals surface area contributed by atoms with Gasteiger partial charge in [-0.1, -0.05) is 29.8 Å². The van der Waals surface area contributed by atoms with Gasteiger partial charge in [0.2, 0.25) is 0 Å². The van der Waals surface area contributed by atoms with Gasteiger partial charge in [0, 0.05) is 19.0 Å². The third-order valence-corrected chi connectivity index (χ3v) is 4.23. The van der Waals surface area contributed by atoms with Gasteiger partial charge in [0.05, 0.1) is 6.54 Å². The summed E-state index contributed by atoms with van der Waals surface area (Å²) in [7, 11) is 0. The van der Waals surface area contributed by atoms with Crippen LogP contribution in [-0.4, -0.2) is 30.3 Å². The molecule has 2 aliphatic rings. The Morgan fingerprint density at radius 3 is 2.94 bits per heavy atom. The molecule has 3 rings (SSSR count). The Morgan fingerprint density at radius 1 is 1.39 bits per heavy atom. The average molecular weight is 241 g/mol. The molecule has 0 saturated carbocycles. The SMILES string of the molecule is CC(=O)CN1CCC2=C(C)c3ccccc3C2C1. The number of fused-ring (bicyclic) bond motifs is 3. The summed E-state index contributed by atoms with van der Waals surface area (Å²) in [5.74, 6) is 0.791. The molecule has 0 N–H and O–H groups in total. The van der Waals surface area contributed by atoms with Gasteiger partial charge < -0.3 is 0 Å². The van der Waals surface area contributed by atoms with Crippen molar-refractivity contribution in [1.29, 1.82) is 0 Å². The average Bonchev–Trinajstić information content (AvgIpc) is 2.63. The molecule has 1 heterocycles. The number of ketones is 1. The molecule has 0 bridgehead atoms. The Balaban J connectivity index is 1.90. The van der Waals surface area contributed by atoms with E-state index in [0.717, 1.165) is 19.5 Å². The number of allylic oxidation sites excluding steroid dienone is 1. The molecule has 1 atom stereocenters. The molecule has 0 radical (unpaired) electrons. The van der Waals surface area contributed by atoms with Crippen molar-refractivity contribution < 1.29 is 4.79 Å². The molecule has 1 aromatic carbocycles. The number of piperidine rings is 1. The Hall–Kier alpha value is -1.41. The standard InChI is InChI=1S/C16H19NO/c1-11(18)9-17-8-7-14-12(2)13-5-3-4-6-15(13)16(14)10-17/h3-6,16H,7-10H2,1-2H3. The third-order valence-electron chi connectivity index (χ3n) is 4.23.